The molecule has 166 valence electrons. The molecule has 0 radical (unpaired) electrons. The molecule has 0 N–H and O–H groups in total. The van der Waals surface area contributed by atoms with Crippen LogP contribution in [0.1, 0.15) is 21.6 Å². The van der Waals surface area contributed by atoms with E-state index >= 15 is 0 Å². The van der Waals surface area contributed by atoms with Crippen molar-refractivity contribution < 1.29 is 9.18 Å². The van der Waals surface area contributed by atoms with E-state index in [2.05, 4.69) is 5.10 Å². The first kappa shape index (κ1) is 22.1. The smallest absolute Gasteiger partial charge is 0.255 e. The predicted molar refractivity (Wildman–Crippen MR) is 126 cm³/mol. The van der Waals surface area contributed by atoms with Crippen molar-refractivity contribution in [2.24, 2.45) is 7.05 Å². The number of rotatable bonds is 7. The number of aromatic nitrogens is 3. The fraction of sp³-hybridized carbons (Fsp3) is 0.292. The van der Waals surface area contributed by atoms with Gasteiger partial charge in [-0.3, -0.25) is 9.48 Å². The summed E-state index contributed by atoms with van der Waals surface area (Å²) in [6.07, 6.45) is 0. The molecular formula is C24H26FN5OS. The third kappa shape index (κ3) is 4.56. The lowest BCUT2D eigenvalue weighted by Gasteiger charge is -2.25. The highest BCUT2D eigenvalue weighted by atomic mass is 32.1. The summed E-state index contributed by atoms with van der Waals surface area (Å²) < 4.78 is 15.1. The summed E-state index contributed by atoms with van der Waals surface area (Å²) in [7, 11) is 5.80. The minimum absolute atomic E-state index is 0.0857. The standard InChI is InChI=1S/C24H26FN5OS/c1-16-22-19(14-20(21-6-5-13-32-21)26-23(22)29(4)27-16)24(31)30(12-11-28(2)3)15-17-7-9-18(25)10-8-17/h5-10,13-14H,11-12,15H2,1-4H3. The highest BCUT2D eigenvalue weighted by Gasteiger charge is 2.24. The quantitative estimate of drug-likeness (QED) is 0.419. The number of hydrogen-bond donors (Lipinski definition) is 0. The number of fused-ring (bicyclic) bond motifs is 1. The molecule has 0 saturated heterocycles. The fourth-order valence-corrected chi connectivity index (χ4v) is 4.40. The summed E-state index contributed by atoms with van der Waals surface area (Å²) in [5.41, 5.74) is 3.68. The van der Waals surface area contributed by atoms with Crippen molar-refractivity contribution in [1.82, 2.24) is 24.6 Å². The van der Waals surface area contributed by atoms with Crippen molar-refractivity contribution in [2.45, 2.75) is 13.5 Å². The second kappa shape index (κ2) is 9.18. The molecule has 1 aromatic carbocycles. The maximum Gasteiger partial charge on any atom is 0.255 e. The number of thiophene rings is 1. The number of benzene rings is 1. The van der Waals surface area contributed by atoms with Crippen LogP contribution in [-0.4, -0.2) is 57.7 Å². The Kier molecular flexibility index (Phi) is 6.34. The van der Waals surface area contributed by atoms with E-state index in [0.717, 1.165) is 27.2 Å². The van der Waals surface area contributed by atoms with E-state index in [0.29, 0.717) is 30.8 Å². The molecule has 3 aromatic heterocycles. The number of nitrogens with zero attached hydrogens (tertiary/aromatic N) is 5. The molecule has 32 heavy (non-hydrogen) atoms. The van der Waals surface area contributed by atoms with Crippen LogP contribution in [0, 0.1) is 12.7 Å². The average Bonchev–Trinajstić information content (AvgIpc) is 3.40. The van der Waals surface area contributed by atoms with Gasteiger partial charge in [-0.05, 0) is 56.2 Å². The van der Waals surface area contributed by atoms with Crippen LogP contribution in [0.2, 0.25) is 0 Å². The molecule has 4 aromatic rings. The largest absolute Gasteiger partial charge is 0.333 e. The van der Waals surface area contributed by atoms with Crippen molar-refractivity contribution in [1.29, 1.82) is 0 Å². The van der Waals surface area contributed by atoms with Crippen LogP contribution < -0.4 is 0 Å². The molecule has 1 amide bonds. The first-order valence-electron chi connectivity index (χ1n) is 10.4. The normalized spacial score (nSPS) is 11.4. The van der Waals surface area contributed by atoms with Gasteiger partial charge < -0.3 is 9.80 Å². The van der Waals surface area contributed by atoms with Gasteiger partial charge in [-0.15, -0.1) is 11.3 Å². The van der Waals surface area contributed by atoms with E-state index in [9.17, 15) is 9.18 Å². The van der Waals surface area contributed by atoms with Crippen LogP contribution >= 0.6 is 11.3 Å². The molecule has 0 aliphatic heterocycles. The van der Waals surface area contributed by atoms with Crippen LogP contribution in [0.5, 0.6) is 0 Å². The Labute approximate surface area is 190 Å². The van der Waals surface area contributed by atoms with Gasteiger partial charge >= 0.3 is 0 Å². The second-order valence-corrected chi connectivity index (χ2v) is 9.04. The van der Waals surface area contributed by atoms with Crippen molar-refractivity contribution in [3.63, 3.8) is 0 Å². The zero-order valence-corrected chi connectivity index (χ0v) is 19.5. The maximum absolute atomic E-state index is 13.9. The van der Waals surface area contributed by atoms with E-state index < -0.39 is 0 Å². The van der Waals surface area contributed by atoms with Gasteiger partial charge in [-0.1, -0.05) is 18.2 Å². The molecule has 0 fully saturated rings. The molecular weight excluding hydrogens is 425 g/mol. The van der Waals surface area contributed by atoms with Crippen molar-refractivity contribution in [3.05, 3.63) is 70.5 Å². The fourth-order valence-electron chi connectivity index (χ4n) is 3.72. The third-order valence-electron chi connectivity index (χ3n) is 5.36. The molecule has 4 rings (SSSR count). The van der Waals surface area contributed by atoms with Crippen molar-refractivity contribution >= 4 is 28.3 Å². The monoisotopic (exact) mass is 451 g/mol. The molecule has 0 atom stereocenters. The number of amides is 1. The number of likely N-dealkylation sites (N-methyl/N-ethyl adjacent to an activating group) is 1. The third-order valence-corrected chi connectivity index (χ3v) is 6.26. The zero-order valence-electron chi connectivity index (χ0n) is 18.7. The van der Waals surface area contributed by atoms with E-state index in [1.54, 1.807) is 28.2 Å². The summed E-state index contributed by atoms with van der Waals surface area (Å²) in [4.78, 5) is 23.5. The number of hydrogen-bond acceptors (Lipinski definition) is 5. The van der Waals surface area contributed by atoms with E-state index in [1.807, 2.05) is 61.4 Å². The molecule has 0 aliphatic rings. The van der Waals surface area contributed by atoms with Crippen LogP contribution in [-0.2, 0) is 13.6 Å². The molecule has 3 heterocycles. The van der Waals surface area contributed by atoms with Crippen LogP contribution in [0.4, 0.5) is 4.39 Å². The highest BCUT2D eigenvalue weighted by molar-refractivity contribution is 7.13. The van der Waals surface area contributed by atoms with Gasteiger partial charge in [0.2, 0.25) is 0 Å². The molecule has 0 unspecified atom stereocenters. The Morgan fingerprint density at radius 2 is 1.91 bits per heavy atom. The molecule has 0 spiro atoms. The summed E-state index contributed by atoms with van der Waals surface area (Å²) in [6, 6.07) is 12.1. The Balaban J connectivity index is 1.79. The molecule has 0 aliphatic carbocycles. The van der Waals surface area contributed by atoms with Gasteiger partial charge in [0, 0.05) is 26.7 Å². The SMILES string of the molecule is Cc1nn(C)c2nc(-c3cccs3)cc(C(=O)N(CCN(C)C)Cc3ccc(F)cc3)c12. The number of halogens is 1. The maximum atomic E-state index is 13.9. The van der Waals surface area contributed by atoms with E-state index in [1.165, 1.54) is 12.1 Å². The number of pyridine rings is 1. The van der Waals surface area contributed by atoms with E-state index in [4.69, 9.17) is 4.98 Å². The lowest BCUT2D eigenvalue weighted by molar-refractivity contribution is 0.0734. The zero-order chi connectivity index (χ0) is 22.8. The summed E-state index contributed by atoms with van der Waals surface area (Å²) in [6.45, 7) is 3.55. The molecule has 0 saturated carbocycles. The Hall–Kier alpha value is -3.10. The lowest BCUT2D eigenvalue weighted by Crippen LogP contribution is -2.36. The summed E-state index contributed by atoms with van der Waals surface area (Å²) in [5.74, 6) is -0.375. The van der Waals surface area contributed by atoms with Gasteiger partial charge in [0.25, 0.3) is 5.91 Å². The molecule has 8 heteroatoms. The van der Waals surface area contributed by atoms with Crippen LogP contribution in [0.15, 0.2) is 47.8 Å². The van der Waals surface area contributed by atoms with E-state index in [-0.39, 0.29) is 11.7 Å². The topological polar surface area (TPSA) is 54.3 Å². The average molecular weight is 452 g/mol. The van der Waals surface area contributed by atoms with Crippen LogP contribution in [0.3, 0.4) is 0 Å². The van der Waals surface area contributed by atoms with Gasteiger partial charge in [0.1, 0.15) is 5.82 Å². The molecule has 0 bridgehead atoms. The van der Waals surface area contributed by atoms with Gasteiger partial charge in [-0.2, -0.15) is 5.10 Å². The van der Waals surface area contributed by atoms with Gasteiger partial charge in [0.15, 0.2) is 5.65 Å². The minimum atomic E-state index is -0.290. The Bertz CT molecular complexity index is 1230. The number of carbonyl (C=O) groups is 1. The summed E-state index contributed by atoms with van der Waals surface area (Å²) >= 11 is 1.58. The highest BCUT2D eigenvalue weighted by Crippen LogP contribution is 2.30. The number of carbonyl (C=O) groups excluding carboxylic acids is 1. The number of aryl methyl sites for hydroxylation is 2. The second-order valence-electron chi connectivity index (χ2n) is 8.10. The molecule has 6 nitrogen and oxygen atoms in total. The first-order chi connectivity index (χ1) is 15.3. The Morgan fingerprint density at radius 3 is 2.56 bits per heavy atom. The first-order valence-corrected chi connectivity index (χ1v) is 11.3. The Morgan fingerprint density at radius 1 is 1.16 bits per heavy atom. The predicted octanol–water partition coefficient (Wildman–Crippen LogP) is 4.35. The van der Waals surface area contributed by atoms with Gasteiger partial charge in [-0.25, -0.2) is 9.37 Å². The van der Waals surface area contributed by atoms with Crippen molar-refractivity contribution in [3.8, 4) is 10.6 Å². The summed E-state index contributed by atoms with van der Waals surface area (Å²) in [5, 5.41) is 7.29. The minimum Gasteiger partial charge on any atom is -0.333 e. The van der Waals surface area contributed by atoms with Crippen molar-refractivity contribution in [2.75, 3.05) is 27.2 Å². The lowest BCUT2D eigenvalue weighted by atomic mass is 10.1. The van der Waals surface area contributed by atoms with Gasteiger partial charge in [0.05, 0.1) is 27.2 Å². The van der Waals surface area contributed by atoms with Crippen LogP contribution in [0.25, 0.3) is 21.6 Å².